The Morgan fingerprint density at radius 2 is 1.43 bits per heavy atom. The highest BCUT2D eigenvalue weighted by Gasteiger charge is 2.55. The zero-order valence-electron chi connectivity index (χ0n) is 15.6. The molecule has 0 aliphatic carbocycles. The topological polar surface area (TPSA) is 29.6 Å². The number of rotatable bonds is 4. The summed E-state index contributed by atoms with van der Waals surface area (Å²) in [5, 5.41) is 0.751. The van der Waals surface area contributed by atoms with E-state index >= 15 is 0 Å². The van der Waals surface area contributed by atoms with E-state index in [0.717, 1.165) is 0 Å². The first-order chi connectivity index (χ1) is 9.12. The minimum Gasteiger partial charge on any atom is -0.369 e. The van der Waals surface area contributed by atoms with Crippen LogP contribution in [0, 0.1) is 0 Å². The molecule has 0 unspecified atom stereocenters. The molecule has 2 atom stereocenters. The molecule has 0 aromatic carbocycles. The van der Waals surface area contributed by atoms with Crippen molar-refractivity contribution >= 4 is 21.6 Å². The summed E-state index contributed by atoms with van der Waals surface area (Å²) in [5.74, 6) is 0. The predicted molar refractivity (Wildman–Crippen MR) is 97.2 cm³/mol. The van der Waals surface area contributed by atoms with E-state index in [1.54, 1.807) is 0 Å². The molecule has 4 heteroatoms. The fourth-order valence-electron chi connectivity index (χ4n) is 2.04. The Hall–Kier alpha value is -0.196. The first kappa shape index (κ1) is 18.9. The van der Waals surface area contributed by atoms with Gasteiger partial charge in [-0.3, -0.25) is 0 Å². The van der Waals surface area contributed by atoms with Crippen molar-refractivity contribution in [2.75, 3.05) is 0 Å². The van der Waals surface area contributed by atoms with Crippen molar-refractivity contribution < 1.29 is 9.53 Å². The molecule has 0 bridgehead atoms. The molecule has 0 saturated carbocycles. The van der Waals surface area contributed by atoms with Crippen LogP contribution in [0.1, 0.15) is 41.5 Å². The Balaban J connectivity index is 2.73. The number of carbonyl (C=O) groups excluding carboxylic acids is 1. The summed E-state index contributed by atoms with van der Waals surface area (Å²) in [6.45, 7) is 22.6. The van der Waals surface area contributed by atoms with Crippen LogP contribution in [0.4, 0.5) is 0 Å². The van der Waals surface area contributed by atoms with Crippen LogP contribution in [-0.4, -0.2) is 33.4 Å². The van der Waals surface area contributed by atoms with Crippen LogP contribution in [-0.2, 0) is 9.53 Å². The monoisotopic (exact) mass is 326 g/mol. The van der Waals surface area contributed by atoms with Crippen LogP contribution in [0.15, 0.2) is 12.2 Å². The largest absolute Gasteiger partial charge is 0.369 e. The van der Waals surface area contributed by atoms with Crippen LogP contribution in [0.25, 0.3) is 0 Å². The molecule has 1 heterocycles. The van der Waals surface area contributed by atoms with Gasteiger partial charge in [-0.05, 0) is 16.2 Å². The number of hydrogen-bond acceptors (Lipinski definition) is 2. The fourth-order valence-corrected chi connectivity index (χ4v) is 5.57. The molecule has 0 spiro atoms. The minimum atomic E-state index is -1.92. The maximum Gasteiger partial charge on any atom is 0.137 e. The molecule has 1 rings (SSSR count). The smallest absolute Gasteiger partial charge is 0.137 e. The normalized spacial score (nSPS) is 24.5. The molecule has 1 aliphatic heterocycles. The number of epoxide rings is 1. The van der Waals surface area contributed by atoms with E-state index in [1.165, 1.54) is 0 Å². The molecule has 0 aromatic heterocycles. The van der Waals surface area contributed by atoms with E-state index in [4.69, 9.17) is 4.74 Å². The summed E-state index contributed by atoms with van der Waals surface area (Å²) < 4.78 is 5.90. The van der Waals surface area contributed by atoms with Gasteiger partial charge in [-0.2, -0.15) is 0 Å². The average molecular weight is 327 g/mol. The molecule has 0 aromatic rings. The second-order valence-electron chi connectivity index (χ2n) is 9.59. The van der Waals surface area contributed by atoms with Crippen LogP contribution < -0.4 is 0 Å². The second kappa shape index (κ2) is 5.46. The quantitative estimate of drug-likeness (QED) is 0.414. The van der Waals surface area contributed by atoms with Crippen molar-refractivity contribution in [2.24, 2.45) is 0 Å². The lowest BCUT2D eigenvalue weighted by atomic mass is 10.2. The first-order valence-electron chi connectivity index (χ1n) is 8.00. The molecule has 1 saturated heterocycles. The third-order valence-electron chi connectivity index (χ3n) is 6.10. The lowest BCUT2D eigenvalue weighted by Gasteiger charge is -2.35. The Kier molecular flexibility index (Phi) is 4.90. The lowest BCUT2D eigenvalue weighted by molar-refractivity contribution is -0.108. The lowest BCUT2D eigenvalue weighted by Crippen LogP contribution is -2.45. The van der Waals surface area contributed by atoms with E-state index in [9.17, 15) is 4.79 Å². The van der Waals surface area contributed by atoms with Crippen LogP contribution >= 0.6 is 0 Å². The van der Waals surface area contributed by atoms with Gasteiger partial charge in [0.2, 0.25) is 0 Å². The highest BCUT2D eigenvalue weighted by molar-refractivity contribution is 7.07. The molecule has 0 radical (unpaired) electrons. The summed E-state index contributed by atoms with van der Waals surface area (Å²) in [6.07, 6.45) is 4.00. The third-order valence-corrected chi connectivity index (χ3v) is 17.0. The highest BCUT2D eigenvalue weighted by Crippen LogP contribution is 2.46. The van der Waals surface area contributed by atoms with Crippen molar-refractivity contribution in [3.63, 3.8) is 0 Å². The molecule has 122 valence electrons. The number of ether oxygens (including phenoxy) is 1. The Morgan fingerprint density at radius 3 is 1.81 bits per heavy atom. The van der Waals surface area contributed by atoms with E-state index in [2.05, 4.69) is 67.7 Å². The van der Waals surface area contributed by atoms with Gasteiger partial charge in [-0.25, -0.2) is 0 Å². The average Bonchev–Trinajstić information content (AvgIpc) is 3.02. The molecule has 21 heavy (non-hydrogen) atoms. The Bertz CT molecular complexity index is 437. The molecule has 1 aliphatic rings. The second-order valence-corrected chi connectivity index (χ2v) is 20.3. The summed E-state index contributed by atoms with van der Waals surface area (Å²) in [4.78, 5) is 12.5. The zero-order chi connectivity index (χ0) is 16.9. The van der Waals surface area contributed by atoms with E-state index in [-0.39, 0.29) is 11.1 Å². The summed E-state index contributed by atoms with van der Waals surface area (Å²) in [7, 11) is -3.38. The van der Waals surface area contributed by atoms with Crippen molar-refractivity contribution in [1.29, 1.82) is 0 Å². The van der Waals surface area contributed by atoms with Gasteiger partial charge < -0.3 is 9.53 Å². The van der Waals surface area contributed by atoms with Crippen LogP contribution in [0.3, 0.4) is 0 Å². The van der Waals surface area contributed by atoms with Crippen molar-refractivity contribution in [1.82, 2.24) is 0 Å². The maximum absolute atomic E-state index is 12.5. The molecule has 2 nitrogen and oxygen atoms in total. The summed E-state index contributed by atoms with van der Waals surface area (Å²) in [6, 6.07) is 0. The fraction of sp³-hybridized carbons (Fsp3) is 0.824. The van der Waals surface area contributed by atoms with E-state index in [1.807, 2.05) is 12.2 Å². The SMILES string of the molecule is CC(C)(C)[Si](C)(C)C(=O)/C=C/[C@H]1O[C@@H]1[Si](C)(C)C(C)(C)C. The van der Waals surface area contributed by atoms with Crippen molar-refractivity contribution in [3.05, 3.63) is 12.2 Å². The van der Waals surface area contributed by atoms with Gasteiger partial charge in [0.15, 0.2) is 0 Å². The summed E-state index contributed by atoms with van der Waals surface area (Å²) >= 11 is 0. The van der Waals surface area contributed by atoms with Gasteiger partial charge in [0.1, 0.15) is 13.5 Å². The van der Waals surface area contributed by atoms with Crippen LogP contribution in [0.2, 0.25) is 36.3 Å². The van der Waals surface area contributed by atoms with Gasteiger partial charge in [-0.1, -0.05) is 73.8 Å². The van der Waals surface area contributed by atoms with Gasteiger partial charge in [0.25, 0.3) is 0 Å². The third kappa shape index (κ3) is 3.77. The van der Waals surface area contributed by atoms with Gasteiger partial charge in [-0.15, -0.1) is 0 Å². The Labute approximate surface area is 133 Å². The predicted octanol–water partition coefficient (Wildman–Crippen LogP) is 4.97. The highest BCUT2D eigenvalue weighted by atomic mass is 28.3. The zero-order valence-corrected chi connectivity index (χ0v) is 17.6. The van der Waals surface area contributed by atoms with Gasteiger partial charge in [0.05, 0.1) is 19.9 Å². The van der Waals surface area contributed by atoms with Gasteiger partial charge in [0, 0.05) is 0 Å². The van der Waals surface area contributed by atoms with E-state index < -0.39 is 16.1 Å². The summed E-state index contributed by atoms with van der Waals surface area (Å²) in [5.41, 5.74) is 0.362. The number of hydrogen-bond donors (Lipinski definition) is 0. The van der Waals surface area contributed by atoms with Crippen molar-refractivity contribution in [2.45, 2.75) is 89.6 Å². The first-order valence-corrected chi connectivity index (χ1v) is 14.1. The number of allylic oxidation sites excluding steroid dienone is 1. The maximum atomic E-state index is 12.5. The molecular formula is C17H34O2Si2. The molecule has 0 N–H and O–H groups in total. The van der Waals surface area contributed by atoms with Crippen LogP contribution in [0.5, 0.6) is 0 Å². The van der Waals surface area contributed by atoms with Gasteiger partial charge >= 0.3 is 0 Å². The molecule has 1 fully saturated rings. The molecule has 0 amide bonds. The minimum absolute atomic E-state index is 0.0949. The Morgan fingerprint density at radius 1 is 0.952 bits per heavy atom. The molecular weight excluding hydrogens is 292 g/mol. The number of carbonyl (C=O) groups is 1. The standard InChI is InChI=1S/C17H34O2Si2/c1-16(2,3)20(7,8)14(18)12-11-13-15(19-13)21(9,10)17(4,5)6/h11-13,15H,1-10H3/b12-11+/t13-,15-/m1/s1. The van der Waals surface area contributed by atoms with E-state index in [0.29, 0.717) is 16.2 Å². The van der Waals surface area contributed by atoms with Crippen molar-refractivity contribution in [3.8, 4) is 0 Å².